The Bertz CT molecular complexity index is 1850. The van der Waals surface area contributed by atoms with Crippen LogP contribution >= 0.6 is 0 Å². The van der Waals surface area contributed by atoms with E-state index in [4.69, 9.17) is 0 Å². The first-order valence-corrected chi connectivity index (χ1v) is 17.0. The van der Waals surface area contributed by atoms with Gasteiger partial charge in [0.15, 0.2) is 6.20 Å². The van der Waals surface area contributed by atoms with Gasteiger partial charge >= 0.3 is 0 Å². The van der Waals surface area contributed by atoms with Gasteiger partial charge in [-0.1, -0.05) is 110 Å². The lowest BCUT2D eigenvalue weighted by atomic mass is 9.65. The fourth-order valence-electron chi connectivity index (χ4n) is 9.05. The summed E-state index contributed by atoms with van der Waals surface area (Å²) in [6, 6.07) is 19.2. The monoisotopic (exact) mass is 568 g/mol. The minimum atomic E-state index is -0.223. The molecule has 3 aromatic carbocycles. The molecule has 0 N–H and O–H groups in total. The van der Waals surface area contributed by atoms with Crippen molar-refractivity contribution in [1.82, 2.24) is 0 Å². The van der Waals surface area contributed by atoms with Crippen molar-refractivity contribution in [1.29, 1.82) is 0 Å². The Kier molecular flexibility index (Phi) is 6.41. The van der Waals surface area contributed by atoms with E-state index in [1.54, 1.807) is 16.7 Å². The zero-order chi connectivity index (χ0) is 30.5. The molecule has 2 aliphatic carbocycles. The lowest BCUT2D eigenvalue weighted by Crippen LogP contribution is -2.55. The molecule has 1 heteroatoms. The van der Waals surface area contributed by atoms with Crippen molar-refractivity contribution in [3.8, 4) is 11.3 Å². The predicted molar refractivity (Wildman–Crippen MR) is 184 cm³/mol. The van der Waals surface area contributed by atoms with Crippen molar-refractivity contribution in [2.45, 2.75) is 111 Å². The van der Waals surface area contributed by atoms with Crippen LogP contribution in [-0.4, -0.2) is 0 Å². The first-order chi connectivity index (χ1) is 20.5. The van der Waals surface area contributed by atoms with Gasteiger partial charge in [0.25, 0.3) is 0 Å². The summed E-state index contributed by atoms with van der Waals surface area (Å²) in [7, 11) is 0. The van der Waals surface area contributed by atoms with Crippen LogP contribution in [-0.2, 0) is 16.4 Å². The number of hydrogen-bond donors (Lipinski definition) is 0. The number of nitrogens with zero attached hydrogens (tertiary/aromatic N) is 1. The summed E-state index contributed by atoms with van der Waals surface area (Å²) in [4.78, 5) is 0. The zero-order valence-corrected chi connectivity index (χ0v) is 28.0. The largest absolute Gasteiger partial charge is 0.222 e. The fraction of sp³-hybridized carbons (Fsp3) is 0.452. The van der Waals surface area contributed by atoms with E-state index in [1.807, 2.05) is 0 Å². The molecule has 0 amide bonds. The third-order valence-electron chi connectivity index (χ3n) is 11.6. The molecule has 0 radical (unpaired) electrons. The standard InChI is InChI=1S/C42H50N/c1-10-26(11-2)30-20-31(27(12-3)13-4)25-42(24-30)38-33-17-15-14-16-28(33)22-34-37(38)39-36-29(18-19-43(39)42)21-32(40(5,6)7)23-35(36)41(34,8)9/h14-24,26-27H,10-13,25H2,1-9H3/q+1. The highest BCUT2D eigenvalue weighted by Crippen LogP contribution is 2.58. The summed E-state index contributed by atoms with van der Waals surface area (Å²) in [6.07, 6.45) is 13.6. The maximum atomic E-state index is 2.74. The van der Waals surface area contributed by atoms with Crippen LogP contribution in [0, 0.1) is 11.8 Å². The highest BCUT2D eigenvalue weighted by atomic mass is 15.1. The van der Waals surface area contributed by atoms with Gasteiger partial charge in [0.05, 0.1) is 10.9 Å². The van der Waals surface area contributed by atoms with Crippen molar-refractivity contribution < 1.29 is 4.57 Å². The normalized spacial score (nSPS) is 20.1. The van der Waals surface area contributed by atoms with Crippen molar-refractivity contribution in [2.75, 3.05) is 0 Å². The first-order valence-electron chi connectivity index (χ1n) is 17.0. The summed E-state index contributed by atoms with van der Waals surface area (Å²) >= 11 is 0. The van der Waals surface area contributed by atoms with Gasteiger partial charge in [-0.05, 0) is 93.5 Å². The second-order valence-electron chi connectivity index (χ2n) is 15.3. The lowest BCUT2D eigenvalue weighted by Gasteiger charge is -2.35. The summed E-state index contributed by atoms with van der Waals surface area (Å²) in [5, 5.41) is 5.66. The maximum Gasteiger partial charge on any atom is 0.222 e. The second kappa shape index (κ2) is 9.65. The van der Waals surface area contributed by atoms with E-state index < -0.39 is 0 Å². The number of pyridine rings is 1. The molecule has 2 heterocycles. The Morgan fingerprint density at radius 3 is 2.19 bits per heavy atom. The van der Waals surface area contributed by atoms with E-state index in [9.17, 15) is 0 Å². The molecular formula is C42H50N+. The molecule has 0 bridgehead atoms. The van der Waals surface area contributed by atoms with Gasteiger partial charge in [-0.15, -0.1) is 0 Å². The fourth-order valence-corrected chi connectivity index (χ4v) is 9.05. The van der Waals surface area contributed by atoms with Crippen molar-refractivity contribution >= 4 is 21.5 Å². The molecular weight excluding hydrogens is 518 g/mol. The van der Waals surface area contributed by atoms with E-state index in [1.165, 1.54) is 75.2 Å². The molecule has 1 spiro atoms. The van der Waals surface area contributed by atoms with E-state index in [0.29, 0.717) is 11.8 Å². The molecule has 3 aliphatic rings. The van der Waals surface area contributed by atoms with Gasteiger partial charge in [-0.25, -0.2) is 0 Å². The summed E-state index contributed by atoms with van der Waals surface area (Å²) in [6.45, 7) is 21.5. The number of fused-ring (bicyclic) bond motifs is 4. The zero-order valence-electron chi connectivity index (χ0n) is 28.0. The topological polar surface area (TPSA) is 3.88 Å². The Hall–Kier alpha value is -3.19. The molecule has 1 nitrogen and oxygen atoms in total. The Morgan fingerprint density at radius 2 is 1.51 bits per heavy atom. The summed E-state index contributed by atoms with van der Waals surface area (Å²) < 4.78 is 2.74. The highest BCUT2D eigenvalue weighted by molar-refractivity contribution is 6.06. The maximum absolute atomic E-state index is 2.74. The van der Waals surface area contributed by atoms with Crippen LogP contribution in [0.5, 0.6) is 0 Å². The van der Waals surface area contributed by atoms with Crippen LogP contribution in [0.3, 0.4) is 0 Å². The smallest absolute Gasteiger partial charge is 0.184 e. The molecule has 1 atom stereocenters. The molecule has 43 heavy (non-hydrogen) atoms. The number of rotatable bonds is 6. The molecule has 1 unspecified atom stereocenters. The van der Waals surface area contributed by atoms with Crippen LogP contribution < -0.4 is 4.57 Å². The molecule has 0 saturated heterocycles. The third kappa shape index (κ3) is 3.85. The Labute approximate surface area is 259 Å². The molecule has 4 aromatic rings. The Balaban J connectivity index is 1.67. The van der Waals surface area contributed by atoms with Crippen LogP contribution in [0.25, 0.3) is 32.8 Å². The van der Waals surface area contributed by atoms with Gasteiger partial charge in [0, 0.05) is 23.5 Å². The minimum Gasteiger partial charge on any atom is -0.184 e. The van der Waals surface area contributed by atoms with Crippen molar-refractivity contribution in [2.24, 2.45) is 11.8 Å². The number of allylic oxidation sites excluding steroid dienone is 4. The number of aromatic nitrogens is 1. The molecule has 222 valence electrons. The van der Waals surface area contributed by atoms with Crippen LogP contribution in [0.1, 0.15) is 117 Å². The molecule has 0 saturated carbocycles. The second-order valence-corrected chi connectivity index (χ2v) is 15.3. The average molecular weight is 569 g/mol. The minimum absolute atomic E-state index is 0.0916. The van der Waals surface area contributed by atoms with Gasteiger partial charge in [-0.2, -0.15) is 4.57 Å². The van der Waals surface area contributed by atoms with Crippen LogP contribution in [0.15, 0.2) is 78.0 Å². The average Bonchev–Trinajstić information content (AvgIpc) is 3.26. The number of hydrogen-bond acceptors (Lipinski definition) is 0. The molecule has 1 aliphatic heterocycles. The molecule has 0 fully saturated rings. The van der Waals surface area contributed by atoms with Gasteiger partial charge in [0.2, 0.25) is 11.2 Å². The SMILES string of the molecule is CCC(CC)C1=CC2(CC(C(CC)CC)=C1)c1c3c(cc4ccccc14)C(C)(C)c1cc(C(C)(C)C)cc4cc[n+]2c-3c14. The highest BCUT2D eigenvalue weighted by Gasteiger charge is 2.57. The van der Waals surface area contributed by atoms with Crippen molar-refractivity contribution in [3.63, 3.8) is 0 Å². The van der Waals surface area contributed by atoms with Gasteiger partial charge in [-0.3, -0.25) is 0 Å². The number of benzene rings is 3. The summed E-state index contributed by atoms with van der Waals surface area (Å²) in [5.74, 6) is 1.19. The molecule has 7 rings (SSSR count). The quantitative estimate of drug-likeness (QED) is 0.204. The van der Waals surface area contributed by atoms with Crippen LogP contribution in [0.2, 0.25) is 0 Å². The van der Waals surface area contributed by atoms with Gasteiger partial charge in [0.1, 0.15) is 0 Å². The van der Waals surface area contributed by atoms with Crippen molar-refractivity contribution in [3.05, 3.63) is 100 Å². The lowest BCUT2D eigenvalue weighted by molar-refractivity contribution is -0.725. The van der Waals surface area contributed by atoms with Gasteiger partial charge < -0.3 is 0 Å². The van der Waals surface area contributed by atoms with E-state index in [2.05, 4.69) is 134 Å². The predicted octanol–water partition coefficient (Wildman–Crippen LogP) is 11.1. The third-order valence-corrected chi connectivity index (χ3v) is 11.6. The van der Waals surface area contributed by atoms with Crippen LogP contribution in [0.4, 0.5) is 0 Å². The van der Waals surface area contributed by atoms with E-state index >= 15 is 0 Å². The van der Waals surface area contributed by atoms with E-state index in [-0.39, 0.29) is 16.4 Å². The Morgan fingerprint density at radius 1 is 0.814 bits per heavy atom. The summed E-state index contributed by atoms with van der Waals surface area (Å²) in [5.41, 5.74) is 11.9. The molecule has 1 aromatic heterocycles. The first kappa shape index (κ1) is 28.6. The van der Waals surface area contributed by atoms with E-state index in [0.717, 1.165) is 6.42 Å².